The molecule has 1 saturated heterocycles. The topological polar surface area (TPSA) is 60.0 Å². The highest BCUT2D eigenvalue weighted by Gasteiger charge is 2.24. The number of piperidine rings is 1. The van der Waals surface area contributed by atoms with E-state index in [1.165, 1.54) is 25.0 Å². The van der Waals surface area contributed by atoms with Gasteiger partial charge in [0, 0.05) is 11.6 Å². The predicted molar refractivity (Wildman–Crippen MR) is 90.0 cm³/mol. The van der Waals surface area contributed by atoms with Crippen molar-refractivity contribution in [3.8, 4) is 11.3 Å². The van der Waals surface area contributed by atoms with Crippen molar-refractivity contribution in [2.75, 3.05) is 6.54 Å². The van der Waals surface area contributed by atoms with Gasteiger partial charge in [-0.15, -0.1) is 0 Å². The Hall–Kier alpha value is -2.54. The van der Waals surface area contributed by atoms with Crippen molar-refractivity contribution < 1.29 is 8.81 Å². The maximum absolute atomic E-state index is 13.1. The van der Waals surface area contributed by atoms with Crippen molar-refractivity contribution in [1.29, 1.82) is 0 Å². The Labute approximate surface area is 145 Å². The molecule has 130 valence electrons. The van der Waals surface area contributed by atoms with Crippen LogP contribution in [0.25, 0.3) is 11.3 Å². The average molecular weight is 341 g/mol. The van der Waals surface area contributed by atoms with E-state index < -0.39 is 0 Å². The lowest BCUT2D eigenvalue weighted by Gasteiger charge is -2.34. The zero-order chi connectivity index (χ0) is 17.1. The van der Waals surface area contributed by atoms with E-state index in [4.69, 9.17) is 4.42 Å². The number of benzene rings is 1. The number of oxazole rings is 1. The van der Waals surface area contributed by atoms with Gasteiger partial charge in [0.15, 0.2) is 5.76 Å². The lowest BCUT2D eigenvalue weighted by molar-refractivity contribution is 0.111. The molecule has 1 aliphatic rings. The highest BCUT2D eigenvalue weighted by molar-refractivity contribution is 5.55. The molecule has 3 heterocycles. The van der Waals surface area contributed by atoms with Gasteiger partial charge in [0.05, 0.1) is 19.3 Å². The van der Waals surface area contributed by atoms with Crippen LogP contribution in [0.2, 0.25) is 0 Å². The zero-order valence-corrected chi connectivity index (χ0v) is 13.9. The summed E-state index contributed by atoms with van der Waals surface area (Å²) in [6.45, 7) is 2.51. The van der Waals surface area contributed by atoms with Gasteiger partial charge in [-0.05, 0) is 43.7 Å². The van der Waals surface area contributed by atoms with Gasteiger partial charge in [-0.3, -0.25) is 9.58 Å². The molecule has 0 amide bonds. The van der Waals surface area contributed by atoms with Crippen LogP contribution < -0.4 is 0 Å². The number of hydrogen-bond acceptors (Lipinski definition) is 5. The molecular weight excluding hydrogens is 321 g/mol. The van der Waals surface area contributed by atoms with Gasteiger partial charge in [-0.2, -0.15) is 5.10 Å². The summed E-state index contributed by atoms with van der Waals surface area (Å²) in [5, 5.41) is 4.21. The molecule has 4 rings (SSSR count). The first-order chi connectivity index (χ1) is 12.3. The average Bonchev–Trinajstić information content (AvgIpc) is 3.29. The van der Waals surface area contributed by atoms with Crippen molar-refractivity contribution >= 4 is 0 Å². The highest BCUT2D eigenvalue weighted by atomic mass is 19.1. The first-order valence-electron chi connectivity index (χ1n) is 8.55. The van der Waals surface area contributed by atoms with Crippen molar-refractivity contribution in [3.05, 3.63) is 54.8 Å². The molecule has 6 nitrogen and oxygen atoms in total. The number of nitrogens with zero attached hydrogens (tertiary/aromatic N) is 5. The van der Waals surface area contributed by atoms with Gasteiger partial charge in [0.25, 0.3) is 0 Å². The van der Waals surface area contributed by atoms with E-state index in [0.29, 0.717) is 24.2 Å². The van der Waals surface area contributed by atoms with Gasteiger partial charge < -0.3 is 4.42 Å². The second-order valence-corrected chi connectivity index (χ2v) is 6.36. The summed E-state index contributed by atoms with van der Waals surface area (Å²) in [7, 11) is 0. The number of hydrogen-bond donors (Lipinski definition) is 0. The van der Waals surface area contributed by atoms with E-state index in [2.05, 4.69) is 20.0 Å². The fraction of sp³-hybridized carbons (Fsp3) is 0.389. The fourth-order valence-electron chi connectivity index (χ4n) is 3.32. The van der Waals surface area contributed by atoms with Gasteiger partial charge in [-0.1, -0.05) is 6.42 Å². The molecule has 1 aromatic carbocycles. The van der Waals surface area contributed by atoms with Gasteiger partial charge >= 0.3 is 0 Å². The summed E-state index contributed by atoms with van der Waals surface area (Å²) in [4.78, 5) is 10.8. The zero-order valence-electron chi connectivity index (χ0n) is 13.9. The van der Waals surface area contributed by atoms with Crippen LogP contribution in [0.3, 0.4) is 0 Å². The third kappa shape index (κ3) is 3.76. The summed E-state index contributed by atoms with van der Waals surface area (Å²) >= 11 is 0. The van der Waals surface area contributed by atoms with Crippen LogP contribution in [0.1, 0.15) is 25.2 Å². The Balaban J connectivity index is 1.45. The molecule has 1 aliphatic heterocycles. The fourth-order valence-corrected chi connectivity index (χ4v) is 3.32. The highest BCUT2D eigenvalue weighted by Crippen LogP contribution is 2.24. The van der Waals surface area contributed by atoms with E-state index in [0.717, 1.165) is 25.1 Å². The number of likely N-dealkylation sites (tertiary alicyclic amines) is 1. The Morgan fingerprint density at radius 1 is 1.20 bits per heavy atom. The summed E-state index contributed by atoms with van der Waals surface area (Å²) in [5.41, 5.74) is 0.831. The first kappa shape index (κ1) is 16.0. The lowest BCUT2D eigenvalue weighted by Crippen LogP contribution is -2.41. The quantitative estimate of drug-likeness (QED) is 0.713. The van der Waals surface area contributed by atoms with E-state index >= 15 is 0 Å². The minimum atomic E-state index is -0.257. The molecule has 1 fully saturated rings. The van der Waals surface area contributed by atoms with Crippen LogP contribution in [0.4, 0.5) is 4.39 Å². The number of aromatic nitrogens is 4. The van der Waals surface area contributed by atoms with Gasteiger partial charge in [0.2, 0.25) is 5.89 Å². The molecule has 1 atom stereocenters. The van der Waals surface area contributed by atoms with Crippen LogP contribution in [0.15, 0.2) is 47.5 Å². The minimum absolute atomic E-state index is 0.257. The van der Waals surface area contributed by atoms with Crippen molar-refractivity contribution in [2.24, 2.45) is 0 Å². The molecule has 0 radical (unpaired) electrons. The summed E-state index contributed by atoms with van der Waals surface area (Å²) < 4.78 is 20.8. The second kappa shape index (κ2) is 7.14. The SMILES string of the molecule is Fc1ccc(-c2cnc(CN3CCCC[C@H]3Cn3cncn3)o2)cc1. The lowest BCUT2D eigenvalue weighted by atomic mass is 10.0. The van der Waals surface area contributed by atoms with Crippen molar-refractivity contribution in [2.45, 2.75) is 38.4 Å². The number of rotatable bonds is 5. The van der Waals surface area contributed by atoms with Crippen LogP contribution in [0, 0.1) is 5.82 Å². The first-order valence-corrected chi connectivity index (χ1v) is 8.55. The van der Waals surface area contributed by atoms with Gasteiger partial charge in [-0.25, -0.2) is 14.4 Å². The predicted octanol–water partition coefficient (Wildman–Crippen LogP) is 3.13. The smallest absolute Gasteiger partial charge is 0.209 e. The standard InChI is InChI=1S/C18H20FN5O/c19-15-6-4-14(5-7-15)17-9-21-18(25-17)11-23-8-2-1-3-16(23)10-24-13-20-12-22-24/h4-7,9,12-13,16H,1-3,8,10-11H2/t16-/m0/s1. The van der Waals surface area contributed by atoms with Gasteiger partial charge in [0.1, 0.15) is 18.5 Å². The van der Waals surface area contributed by atoms with E-state index in [1.54, 1.807) is 31.0 Å². The van der Waals surface area contributed by atoms with Crippen LogP contribution >= 0.6 is 0 Å². The minimum Gasteiger partial charge on any atom is -0.439 e. The summed E-state index contributed by atoms with van der Waals surface area (Å²) in [6, 6.07) is 6.66. The Morgan fingerprint density at radius 2 is 2.08 bits per heavy atom. The molecule has 0 spiro atoms. The maximum Gasteiger partial charge on any atom is 0.209 e. The summed E-state index contributed by atoms with van der Waals surface area (Å²) in [6.07, 6.45) is 8.56. The third-order valence-electron chi connectivity index (χ3n) is 4.63. The molecule has 7 heteroatoms. The molecule has 2 aromatic heterocycles. The monoisotopic (exact) mass is 341 g/mol. The van der Waals surface area contributed by atoms with Crippen molar-refractivity contribution in [1.82, 2.24) is 24.6 Å². The molecule has 0 unspecified atom stereocenters. The van der Waals surface area contributed by atoms with Crippen LogP contribution in [0.5, 0.6) is 0 Å². The van der Waals surface area contributed by atoms with E-state index in [-0.39, 0.29) is 5.82 Å². The molecule has 0 aliphatic carbocycles. The maximum atomic E-state index is 13.1. The normalized spacial score (nSPS) is 18.5. The van der Waals surface area contributed by atoms with E-state index in [1.807, 2.05) is 4.68 Å². The Morgan fingerprint density at radius 3 is 2.88 bits per heavy atom. The van der Waals surface area contributed by atoms with Crippen LogP contribution in [-0.4, -0.2) is 37.2 Å². The van der Waals surface area contributed by atoms with Crippen molar-refractivity contribution in [3.63, 3.8) is 0 Å². The van der Waals surface area contributed by atoms with Crippen LogP contribution in [-0.2, 0) is 13.1 Å². The molecule has 3 aromatic rings. The third-order valence-corrected chi connectivity index (χ3v) is 4.63. The molecule has 0 bridgehead atoms. The Bertz CT molecular complexity index is 799. The molecule has 25 heavy (non-hydrogen) atoms. The molecule has 0 saturated carbocycles. The molecular formula is C18H20FN5O. The largest absolute Gasteiger partial charge is 0.439 e. The molecule has 0 N–H and O–H groups in total. The summed E-state index contributed by atoms with van der Waals surface area (Å²) in [5.74, 6) is 1.09. The Kier molecular flexibility index (Phi) is 4.56. The van der Waals surface area contributed by atoms with E-state index in [9.17, 15) is 4.39 Å². The second-order valence-electron chi connectivity index (χ2n) is 6.36. The number of halogens is 1.